The molecule has 0 saturated carbocycles. The molecular weight excluding hydrogens is 191 g/mol. The molecule has 0 amide bonds. The van der Waals surface area contributed by atoms with Crippen LogP contribution in [-0.2, 0) is 0 Å². The molecule has 1 saturated heterocycles. The Morgan fingerprint density at radius 3 is 2.54 bits per heavy atom. The Morgan fingerprint density at radius 2 is 1.92 bits per heavy atom. The van der Waals surface area contributed by atoms with Gasteiger partial charge in [-0.25, -0.2) is 0 Å². The predicted molar refractivity (Wildman–Crippen MR) is 60.1 cm³/mol. The number of thioether (sulfide) groups is 2. The molecule has 0 spiro atoms. The number of hydrogen-bond acceptors (Lipinski definition) is 2. The maximum absolute atomic E-state index is 2.24. The molecule has 0 aromatic heterocycles. The van der Waals surface area contributed by atoms with Gasteiger partial charge in [-0.3, -0.25) is 0 Å². The van der Waals surface area contributed by atoms with Gasteiger partial charge in [-0.05, 0) is 5.56 Å². The van der Waals surface area contributed by atoms with E-state index in [-0.39, 0.29) is 20.3 Å². The van der Waals surface area contributed by atoms with Crippen LogP contribution < -0.4 is 18.9 Å². The molecule has 13 heavy (non-hydrogen) atoms. The maximum atomic E-state index is 2.24. The monoisotopic (exact) mass is 204 g/mol. The molecule has 0 aliphatic carbocycles. The smallest absolute Gasteiger partial charge is 1.00 e. The van der Waals surface area contributed by atoms with E-state index in [1.807, 2.05) is 0 Å². The fraction of sp³-hybridized carbons (Fsp3) is 0.400. The second-order valence-corrected chi connectivity index (χ2v) is 5.31. The molecule has 3 heteroatoms. The van der Waals surface area contributed by atoms with Crippen molar-refractivity contribution in [2.45, 2.75) is 5.25 Å². The number of benzene rings is 1. The minimum atomic E-state index is 0. The minimum Gasteiger partial charge on any atom is -1.00 e. The molecule has 1 aromatic rings. The Kier molecular flexibility index (Phi) is 5.43. The first-order valence-electron chi connectivity index (χ1n) is 4.21. The zero-order chi connectivity index (χ0) is 8.23. The average Bonchev–Trinajstić information content (AvgIpc) is 2.21. The van der Waals surface area contributed by atoms with E-state index in [1.54, 1.807) is 0 Å². The minimum absolute atomic E-state index is 0. The number of hydrogen-bond donors (Lipinski definition) is 0. The summed E-state index contributed by atoms with van der Waals surface area (Å²) in [6, 6.07) is 10.8. The van der Waals surface area contributed by atoms with Crippen LogP contribution in [0, 0.1) is 0 Å². The first kappa shape index (κ1) is 11.6. The third kappa shape index (κ3) is 3.29. The summed E-state index contributed by atoms with van der Waals surface area (Å²) in [6.07, 6.45) is 0. The second-order valence-electron chi connectivity index (χ2n) is 2.85. The van der Waals surface area contributed by atoms with Crippen molar-refractivity contribution in [3.8, 4) is 0 Å². The van der Waals surface area contributed by atoms with Gasteiger partial charge >= 0.3 is 18.9 Å². The van der Waals surface area contributed by atoms with Gasteiger partial charge in [0.2, 0.25) is 0 Å². The summed E-state index contributed by atoms with van der Waals surface area (Å²) in [5, 5.41) is 0.741. The van der Waals surface area contributed by atoms with Gasteiger partial charge in [-0.15, -0.1) is 0 Å². The van der Waals surface area contributed by atoms with Crippen LogP contribution in [0.25, 0.3) is 0 Å². The molecular formula is C10H13LiS2. The third-order valence-electron chi connectivity index (χ3n) is 1.99. The molecule has 1 atom stereocenters. The van der Waals surface area contributed by atoms with Crippen molar-refractivity contribution in [2.75, 3.05) is 17.3 Å². The SMILES string of the molecule is [H-].[Li+].c1ccc(C2CSCCS2)cc1. The molecule has 1 aliphatic rings. The van der Waals surface area contributed by atoms with E-state index in [0.29, 0.717) is 0 Å². The van der Waals surface area contributed by atoms with Crippen LogP contribution in [0.4, 0.5) is 0 Å². The van der Waals surface area contributed by atoms with Crippen molar-refractivity contribution in [3.05, 3.63) is 35.9 Å². The van der Waals surface area contributed by atoms with Crippen molar-refractivity contribution in [1.82, 2.24) is 0 Å². The summed E-state index contributed by atoms with van der Waals surface area (Å²) < 4.78 is 0. The van der Waals surface area contributed by atoms with E-state index in [0.717, 1.165) is 5.25 Å². The fourth-order valence-corrected chi connectivity index (χ4v) is 4.09. The first-order chi connectivity index (χ1) is 5.97. The van der Waals surface area contributed by atoms with Gasteiger partial charge in [0.1, 0.15) is 0 Å². The van der Waals surface area contributed by atoms with E-state index in [4.69, 9.17) is 0 Å². The third-order valence-corrected chi connectivity index (χ3v) is 4.80. The van der Waals surface area contributed by atoms with Crippen LogP contribution in [0.3, 0.4) is 0 Å². The Balaban J connectivity index is 0.000000845. The normalized spacial score (nSPS) is 22.0. The first-order valence-corrected chi connectivity index (χ1v) is 6.41. The summed E-state index contributed by atoms with van der Waals surface area (Å²) in [6.45, 7) is 0. The number of rotatable bonds is 1. The largest absolute Gasteiger partial charge is 1.00 e. The molecule has 0 radical (unpaired) electrons. The summed E-state index contributed by atoms with van der Waals surface area (Å²) in [5.41, 5.74) is 1.50. The van der Waals surface area contributed by atoms with Crippen LogP contribution in [0.5, 0.6) is 0 Å². The molecule has 2 rings (SSSR count). The van der Waals surface area contributed by atoms with Crippen molar-refractivity contribution in [1.29, 1.82) is 0 Å². The molecule has 0 bridgehead atoms. The van der Waals surface area contributed by atoms with E-state index in [2.05, 4.69) is 53.9 Å². The summed E-state index contributed by atoms with van der Waals surface area (Å²) in [7, 11) is 0. The summed E-state index contributed by atoms with van der Waals surface area (Å²) in [5.74, 6) is 3.92. The van der Waals surface area contributed by atoms with Gasteiger partial charge in [0.05, 0.1) is 0 Å². The molecule has 1 unspecified atom stereocenters. The fourth-order valence-electron chi connectivity index (χ4n) is 1.35. The van der Waals surface area contributed by atoms with Crippen LogP contribution in [0.2, 0.25) is 0 Å². The van der Waals surface area contributed by atoms with Gasteiger partial charge in [-0.2, -0.15) is 23.5 Å². The quantitative estimate of drug-likeness (QED) is 0.604. The van der Waals surface area contributed by atoms with E-state index < -0.39 is 0 Å². The Morgan fingerprint density at radius 1 is 1.15 bits per heavy atom. The topological polar surface area (TPSA) is 0 Å². The van der Waals surface area contributed by atoms with Crippen molar-refractivity contribution in [2.24, 2.45) is 0 Å². The van der Waals surface area contributed by atoms with Crippen LogP contribution in [0.15, 0.2) is 30.3 Å². The zero-order valence-corrected chi connectivity index (χ0v) is 9.53. The standard InChI is InChI=1S/C10H12S2.Li.H/c1-2-4-9(5-3-1)10-8-11-6-7-12-10;;/h1-5,10H,6-8H2;;/q;+1;-1. The van der Waals surface area contributed by atoms with Crippen LogP contribution >= 0.6 is 23.5 Å². The average molecular weight is 204 g/mol. The van der Waals surface area contributed by atoms with Gasteiger partial charge in [-0.1, -0.05) is 30.3 Å². The molecule has 1 heterocycles. The zero-order valence-electron chi connectivity index (χ0n) is 8.90. The second kappa shape index (κ2) is 6.09. The van der Waals surface area contributed by atoms with Crippen LogP contribution in [-0.4, -0.2) is 17.3 Å². The molecule has 1 aliphatic heterocycles. The van der Waals surface area contributed by atoms with Crippen molar-refractivity contribution < 1.29 is 20.3 Å². The Labute approximate surface area is 102 Å². The summed E-state index contributed by atoms with van der Waals surface area (Å²) in [4.78, 5) is 0. The van der Waals surface area contributed by atoms with E-state index >= 15 is 0 Å². The van der Waals surface area contributed by atoms with Crippen molar-refractivity contribution in [3.63, 3.8) is 0 Å². The van der Waals surface area contributed by atoms with Crippen molar-refractivity contribution >= 4 is 23.5 Å². The van der Waals surface area contributed by atoms with Gasteiger partial charge in [0, 0.05) is 22.5 Å². The maximum Gasteiger partial charge on any atom is 1.00 e. The molecule has 66 valence electrons. The van der Waals surface area contributed by atoms with Gasteiger partial charge in [0.25, 0.3) is 0 Å². The predicted octanol–water partition coefficient (Wildman–Crippen LogP) is 0.324. The van der Waals surface area contributed by atoms with E-state index in [1.165, 1.54) is 22.8 Å². The summed E-state index contributed by atoms with van der Waals surface area (Å²) >= 11 is 4.17. The van der Waals surface area contributed by atoms with Gasteiger partial charge < -0.3 is 1.43 Å². The molecule has 0 nitrogen and oxygen atoms in total. The molecule has 1 fully saturated rings. The molecule has 1 aromatic carbocycles. The van der Waals surface area contributed by atoms with Gasteiger partial charge in [0.15, 0.2) is 0 Å². The van der Waals surface area contributed by atoms with Crippen LogP contribution in [0.1, 0.15) is 12.2 Å². The molecule has 0 N–H and O–H groups in total. The van der Waals surface area contributed by atoms with E-state index in [9.17, 15) is 0 Å². The Hall–Kier alpha value is 0.517. The Bertz CT molecular complexity index is 237.